The summed E-state index contributed by atoms with van der Waals surface area (Å²) in [6.45, 7) is 1.62. The van der Waals surface area contributed by atoms with E-state index < -0.39 is 0 Å². The lowest BCUT2D eigenvalue weighted by Crippen LogP contribution is -2.19. The molecule has 0 atom stereocenters. The summed E-state index contributed by atoms with van der Waals surface area (Å²) in [5, 5.41) is 12.7. The highest BCUT2D eigenvalue weighted by Crippen LogP contribution is 2.19. The smallest absolute Gasteiger partial charge is 0.122 e. The molecule has 94 valence electrons. The number of hydrogen-bond donors (Lipinski definition) is 2. The fourth-order valence-corrected chi connectivity index (χ4v) is 1.97. The van der Waals surface area contributed by atoms with Gasteiger partial charge in [-0.3, -0.25) is 0 Å². The van der Waals surface area contributed by atoms with Crippen LogP contribution in [0.3, 0.4) is 0 Å². The second kappa shape index (κ2) is 4.82. The first-order chi connectivity index (χ1) is 8.81. The average molecular weight is 243 g/mol. The van der Waals surface area contributed by atoms with Gasteiger partial charge in [0.05, 0.1) is 6.54 Å². The molecule has 1 saturated carbocycles. The van der Waals surface area contributed by atoms with Crippen molar-refractivity contribution in [2.45, 2.75) is 32.0 Å². The average Bonchev–Trinajstić information content (AvgIpc) is 3.11. The summed E-state index contributed by atoms with van der Waals surface area (Å²) in [5.74, 6) is 1.37. The number of phenols is 1. The van der Waals surface area contributed by atoms with Crippen molar-refractivity contribution in [3.05, 3.63) is 48.0 Å². The minimum absolute atomic E-state index is 0.306. The Morgan fingerprint density at radius 2 is 2.06 bits per heavy atom. The summed E-state index contributed by atoms with van der Waals surface area (Å²) >= 11 is 0. The van der Waals surface area contributed by atoms with Crippen LogP contribution in [0.5, 0.6) is 5.75 Å². The van der Waals surface area contributed by atoms with Crippen molar-refractivity contribution in [1.82, 2.24) is 14.9 Å². The maximum Gasteiger partial charge on any atom is 0.122 e. The molecule has 0 spiro atoms. The fourth-order valence-electron chi connectivity index (χ4n) is 1.97. The van der Waals surface area contributed by atoms with Crippen LogP contribution in [0.15, 0.2) is 36.7 Å². The van der Waals surface area contributed by atoms with E-state index in [1.807, 2.05) is 24.5 Å². The van der Waals surface area contributed by atoms with Gasteiger partial charge in [-0.05, 0) is 30.5 Å². The van der Waals surface area contributed by atoms with Crippen LogP contribution in [-0.2, 0) is 13.1 Å². The van der Waals surface area contributed by atoms with E-state index in [1.54, 1.807) is 12.1 Å². The zero-order valence-electron chi connectivity index (χ0n) is 10.2. The minimum Gasteiger partial charge on any atom is -0.508 e. The standard InChI is InChI=1S/C14H17N3O/c18-13-5-1-11(2-6-13)10-17-8-7-15-14(17)9-16-12-3-4-12/h1-2,5-8,12,16,18H,3-4,9-10H2. The lowest BCUT2D eigenvalue weighted by atomic mass is 10.2. The van der Waals surface area contributed by atoms with Gasteiger partial charge in [0.25, 0.3) is 0 Å². The molecule has 1 aromatic carbocycles. The highest BCUT2D eigenvalue weighted by Gasteiger charge is 2.20. The van der Waals surface area contributed by atoms with E-state index in [9.17, 15) is 5.11 Å². The number of hydrogen-bond acceptors (Lipinski definition) is 3. The number of aromatic nitrogens is 2. The normalized spacial score (nSPS) is 14.9. The van der Waals surface area contributed by atoms with E-state index in [-0.39, 0.29) is 0 Å². The van der Waals surface area contributed by atoms with Crippen LogP contribution in [0, 0.1) is 0 Å². The van der Waals surface area contributed by atoms with Gasteiger partial charge in [0.1, 0.15) is 11.6 Å². The summed E-state index contributed by atoms with van der Waals surface area (Å²) in [5.41, 5.74) is 1.17. The van der Waals surface area contributed by atoms with Crippen molar-refractivity contribution in [2.24, 2.45) is 0 Å². The number of nitrogens with one attached hydrogen (secondary N) is 1. The zero-order chi connectivity index (χ0) is 12.4. The van der Waals surface area contributed by atoms with Gasteiger partial charge in [0.15, 0.2) is 0 Å². The van der Waals surface area contributed by atoms with E-state index in [0.29, 0.717) is 11.8 Å². The van der Waals surface area contributed by atoms with E-state index in [2.05, 4.69) is 14.9 Å². The van der Waals surface area contributed by atoms with Crippen LogP contribution in [0.2, 0.25) is 0 Å². The van der Waals surface area contributed by atoms with E-state index in [4.69, 9.17) is 0 Å². The molecule has 0 amide bonds. The number of benzene rings is 1. The molecule has 4 heteroatoms. The quantitative estimate of drug-likeness (QED) is 0.843. The summed E-state index contributed by atoms with van der Waals surface area (Å²) in [7, 11) is 0. The molecule has 18 heavy (non-hydrogen) atoms. The molecule has 1 heterocycles. The molecule has 0 unspecified atom stereocenters. The van der Waals surface area contributed by atoms with Gasteiger partial charge in [-0.1, -0.05) is 12.1 Å². The van der Waals surface area contributed by atoms with Gasteiger partial charge >= 0.3 is 0 Å². The molecule has 2 N–H and O–H groups in total. The monoisotopic (exact) mass is 243 g/mol. The Hall–Kier alpha value is -1.81. The molecule has 1 fully saturated rings. The number of nitrogens with zero attached hydrogens (tertiary/aromatic N) is 2. The third-order valence-electron chi connectivity index (χ3n) is 3.22. The van der Waals surface area contributed by atoms with Crippen LogP contribution in [0.25, 0.3) is 0 Å². The number of aromatic hydroxyl groups is 1. The highest BCUT2D eigenvalue weighted by atomic mass is 16.3. The van der Waals surface area contributed by atoms with Gasteiger partial charge in [0, 0.05) is 25.0 Å². The topological polar surface area (TPSA) is 50.1 Å². The lowest BCUT2D eigenvalue weighted by molar-refractivity contribution is 0.475. The van der Waals surface area contributed by atoms with Crippen LogP contribution in [-0.4, -0.2) is 20.7 Å². The molecule has 0 aliphatic heterocycles. The summed E-state index contributed by atoms with van der Waals surface area (Å²) in [4.78, 5) is 4.38. The van der Waals surface area contributed by atoms with Gasteiger partial charge in [0.2, 0.25) is 0 Å². The molecule has 1 aromatic heterocycles. The predicted octanol–water partition coefficient (Wildman–Crippen LogP) is 1.89. The third-order valence-corrected chi connectivity index (χ3v) is 3.22. The first kappa shape index (κ1) is 11.3. The highest BCUT2D eigenvalue weighted by molar-refractivity contribution is 5.26. The molecule has 1 aliphatic rings. The molecule has 3 rings (SSSR count). The maximum absolute atomic E-state index is 9.26. The van der Waals surface area contributed by atoms with Crippen molar-refractivity contribution < 1.29 is 5.11 Å². The molecule has 4 nitrogen and oxygen atoms in total. The molecule has 0 saturated heterocycles. The van der Waals surface area contributed by atoms with Crippen molar-refractivity contribution in [3.63, 3.8) is 0 Å². The second-order valence-corrected chi connectivity index (χ2v) is 4.79. The molecule has 1 aliphatic carbocycles. The van der Waals surface area contributed by atoms with Gasteiger partial charge < -0.3 is 15.0 Å². The summed E-state index contributed by atoms with van der Waals surface area (Å²) in [6.07, 6.45) is 6.42. The molecule has 0 bridgehead atoms. The summed E-state index contributed by atoms with van der Waals surface area (Å²) in [6, 6.07) is 8.01. The minimum atomic E-state index is 0.306. The maximum atomic E-state index is 9.26. The number of phenolic OH excluding ortho intramolecular Hbond substituents is 1. The Balaban J connectivity index is 1.67. The Kier molecular flexibility index (Phi) is 3.02. The Labute approximate surface area is 106 Å². The second-order valence-electron chi connectivity index (χ2n) is 4.79. The van der Waals surface area contributed by atoms with Crippen molar-refractivity contribution in [2.75, 3.05) is 0 Å². The number of rotatable bonds is 5. The predicted molar refractivity (Wildman–Crippen MR) is 69.3 cm³/mol. The van der Waals surface area contributed by atoms with Crippen LogP contribution in [0.4, 0.5) is 0 Å². The molecule has 2 aromatic rings. The van der Waals surface area contributed by atoms with E-state index in [1.165, 1.54) is 18.4 Å². The van der Waals surface area contributed by atoms with Gasteiger partial charge in [-0.15, -0.1) is 0 Å². The van der Waals surface area contributed by atoms with Crippen LogP contribution < -0.4 is 5.32 Å². The Morgan fingerprint density at radius 3 is 2.78 bits per heavy atom. The van der Waals surface area contributed by atoms with Gasteiger partial charge in [-0.25, -0.2) is 4.98 Å². The van der Waals surface area contributed by atoms with Crippen molar-refractivity contribution in [3.8, 4) is 5.75 Å². The lowest BCUT2D eigenvalue weighted by Gasteiger charge is -2.08. The van der Waals surface area contributed by atoms with Crippen LogP contribution in [0.1, 0.15) is 24.2 Å². The largest absolute Gasteiger partial charge is 0.508 e. The first-order valence-electron chi connectivity index (χ1n) is 6.32. The summed E-state index contributed by atoms with van der Waals surface area (Å²) < 4.78 is 2.14. The van der Waals surface area contributed by atoms with E-state index >= 15 is 0 Å². The Morgan fingerprint density at radius 1 is 1.28 bits per heavy atom. The number of imidazole rings is 1. The van der Waals surface area contributed by atoms with Crippen molar-refractivity contribution in [1.29, 1.82) is 0 Å². The Bertz CT molecular complexity index is 514. The first-order valence-corrected chi connectivity index (χ1v) is 6.32. The third kappa shape index (κ3) is 2.71. The van der Waals surface area contributed by atoms with Gasteiger partial charge in [-0.2, -0.15) is 0 Å². The molecule has 0 radical (unpaired) electrons. The van der Waals surface area contributed by atoms with Crippen molar-refractivity contribution >= 4 is 0 Å². The van der Waals surface area contributed by atoms with E-state index in [0.717, 1.165) is 18.9 Å². The fraction of sp³-hybridized carbons (Fsp3) is 0.357. The molecular formula is C14H17N3O. The SMILES string of the molecule is Oc1ccc(Cn2ccnc2CNC2CC2)cc1. The van der Waals surface area contributed by atoms with Crippen LogP contribution >= 0.6 is 0 Å². The zero-order valence-corrected chi connectivity index (χ0v) is 10.2. The molecular weight excluding hydrogens is 226 g/mol.